The van der Waals surface area contributed by atoms with E-state index in [1.165, 1.54) is 5.56 Å². The summed E-state index contributed by atoms with van der Waals surface area (Å²) in [6, 6.07) is 12.2. The number of hydrogen-bond acceptors (Lipinski definition) is 4. The quantitative estimate of drug-likeness (QED) is 0.876. The van der Waals surface area contributed by atoms with Crippen LogP contribution in [0.15, 0.2) is 47.2 Å². The Kier molecular flexibility index (Phi) is 6.06. The first kappa shape index (κ1) is 17.5. The smallest absolute Gasteiger partial charge is 0.317 e. The molecule has 2 heterocycles. The predicted molar refractivity (Wildman–Crippen MR) is 96.0 cm³/mol. The van der Waals surface area contributed by atoms with Gasteiger partial charge >= 0.3 is 6.03 Å². The Labute approximate surface area is 148 Å². The van der Waals surface area contributed by atoms with E-state index in [0.717, 1.165) is 51.3 Å². The summed E-state index contributed by atoms with van der Waals surface area (Å²) >= 11 is 0. The summed E-state index contributed by atoms with van der Waals surface area (Å²) < 4.78 is 4.87. The lowest BCUT2D eigenvalue weighted by Gasteiger charge is -2.35. The third-order valence-corrected chi connectivity index (χ3v) is 4.61. The number of piperazine rings is 1. The molecule has 1 unspecified atom stereocenters. The zero-order valence-corrected chi connectivity index (χ0v) is 14.7. The van der Waals surface area contributed by atoms with E-state index in [0.29, 0.717) is 0 Å². The highest BCUT2D eigenvalue weighted by Crippen LogP contribution is 2.19. The Hall–Kier alpha value is -2.34. The molecule has 3 rings (SSSR count). The van der Waals surface area contributed by atoms with Gasteiger partial charge in [0.2, 0.25) is 0 Å². The first-order valence-electron chi connectivity index (χ1n) is 8.98. The second kappa shape index (κ2) is 8.67. The highest BCUT2D eigenvalue weighted by Gasteiger charge is 2.23. The molecule has 6 nitrogen and oxygen atoms in total. The molecule has 6 heteroatoms. The largest absolute Gasteiger partial charge is 0.364 e. The van der Waals surface area contributed by atoms with E-state index in [-0.39, 0.29) is 12.1 Å². The van der Waals surface area contributed by atoms with Gasteiger partial charge in [0.1, 0.15) is 6.26 Å². The number of carbonyl (C=O) groups excluding carboxylic acids is 1. The van der Waals surface area contributed by atoms with Gasteiger partial charge < -0.3 is 14.7 Å². The van der Waals surface area contributed by atoms with Crippen LogP contribution in [-0.4, -0.2) is 47.2 Å². The number of urea groups is 1. The van der Waals surface area contributed by atoms with Crippen molar-refractivity contribution in [3.63, 3.8) is 0 Å². The average molecular weight is 342 g/mol. The number of aromatic nitrogens is 1. The number of carbonyl (C=O) groups is 1. The van der Waals surface area contributed by atoms with Gasteiger partial charge in [-0.1, -0.05) is 48.8 Å². The molecular weight excluding hydrogens is 316 g/mol. The Bertz CT molecular complexity index is 637. The zero-order chi connectivity index (χ0) is 17.5. The molecule has 0 saturated carbocycles. The number of hydrogen-bond donors (Lipinski definition) is 1. The van der Waals surface area contributed by atoms with Gasteiger partial charge in [0, 0.05) is 38.8 Å². The molecule has 0 spiro atoms. The van der Waals surface area contributed by atoms with Gasteiger partial charge in [0.15, 0.2) is 0 Å². The van der Waals surface area contributed by atoms with Crippen molar-refractivity contribution in [2.45, 2.75) is 32.4 Å². The number of benzene rings is 1. The van der Waals surface area contributed by atoms with Crippen molar-refractivity contribution in [3.8, 4) is 0 Å². The molecule has 1 aromatic heterocycles. The van der Waals surface area contributed by atoms with Crippen LogP contribution in [-0.2, 0) is 6.54 Å². The molecule has 0 radical (unpaired) electrons. The van der Waals surface area contributed by atoms with Gasteiger partial charge in [-0.2, -0.15) is 0 Å². The Morgan fingerprint density at radius 2 is 1.96 bits per heavy atom. The van der Waals surface area contributed by atoms with Crippen LogP contribution in [0.1, 0.15) is 37.1 Å². The summed E-state index contributed by atoms with van der Waals surface area (Å²) in [7, 11) is 0. The zero-order valence-electron chi connectivity index (χ0n) is 14.7. The van der Waals surface area contributed by atoms with Crippen LogP contribution in [0.25, 0.3) is 0 Å². The first-order valence-corrected chi connectivity index (χ1v) is 8.98. The molecule has 134 valence electrons. The first-order chi connectivity index (χ1) is 12.3. The van der Waals surface area contributed by atoms with E-state index in [1.54, 1.807) is 6.26 Å². The molecule has 1 saturated heterocycles. The molecule has 1 N–H and O–H groups in total. The highest BCUT2D eigenvalue weighted by atomic mass is 16.5. The molecule has 25 heavy (non-hydrogen) atoms. The van der Waals surface area contributed by atoms with Crippen LogP contribution in [0.4, 0.5) is 4.79 Å². The maximum atomic E-state index is 12.6. The summed E-state index contributed by atoms with van der Waals surface area (Å²) in [6.45, 7) is 6.09. The van der Waals surface area contributed by atoms with E-state index in [1.807, 2.05) is 29.2 Å². The predicted octanol–water partition coefficient (Wildman–Crippen LogP) is 3.04. The van der Waals surface area contributed by atoms with Crippen LogP contribution >= 0.6 is 0 Å². The second-order valence-corrected chi connectivity index (χ2v) is 6.46. The Morgan fingerprint density at radius 1 is 1.20 bits per heavy atom. The molecule has 1 aliphatic heterocycles. The molecular formula is C19H26N4O2. The van der Waals surface area contributed by atoms with Crippen molar-refractivity contribution < 1.29 is 9.32 Å². The molecule has 2 aromatic rings. The van der Waals surface area contributed by atoms with Crippen LogP contribution in [0.2, 0.25) is 0 Å². The SMILES string of the molecule is CCCC(NC(=O)N1CCN(Cc2ccon2)CC1)c1ccccc1. The summed E-state index contributed by atoms with van der Waals surface area (Å²) in [6.07, 6.45) is 3.57. The summed E-state index contributed by atoms with van der Waals surface area (Å²) in [5, 5.41) is 7.15. The molecule has 1 aliphatic rings. The third-order valence-electron chi connectivity index (χ3n) is 4.61. The number of nitrogens with zero attached hydrogens (tertiary/aromatic N) is 3. The minimum absolute atomic E-state index is 0.0309. The van der Waals surface area contributed by atoms with Gasteiger partial charge in [-0.25, -0.2) is 4.79 Å². The number of nitrogens with one attached hydrogen (secondary N) is 1. The average Bonchev–Trinajstić information content (AvgIpc) is 3.15. The third kappa shape index (κ3) is 4.82. The molecule has 2 amide bonds. The lowest BCUT2D eigenvalue weighted by atomic mass is 10.0. The fraction of sp³-hybridized carbons (Fsp3) is 0.474. The minimum Gasteiger partial charge on any atom is -0.364 e. The highest BCUT2D eigenvalue weighted by molar-refractivity contribution is 5.74. The summed E-state index contributed by atoms with van der Waals surface area (Å²) in [5.41, 5.74) is 2.10. The van der Waals surface area contributed by atoms with E-state index < -0.39 is 0 Å². The topological polar surface area (TPSA) is 61.6 Å². The maximum absolute atomic E-state index is 12.6. The van der Waals surface area contributed by atoms with Crippen LogP contribution in [0.3, 0.4) is 0 Å². The normalized spacial score (nSPS) is 16.6. The Morgan fingerprint density at radius 3 is 2.60 bits per heavy atom. The van der Waals surface area contributed by atoms with Crippen molar-refractivity contribution in [1.29, 1.82) is 0 Å². The van der Waals surface area contributed by atoms with Gasteiger partial charge in [0.05, 0.1) is 11.7 Å². The number of amides is 2. The van der Waals surface area contributed by atoms with E-state index in [2.05, 4.69) is 34.4 Å². The lowest BCUT2D eigenvalue weighted by Crippen LogP contribution is -2.52. The van der Waals surface area contributed by atoms with Gasteiger partial charge in [-0.3, -0.25) is 4.90 Å². The molecule has 0 bridgehead atoms. The van der Waals surface area contributed by atoms with Crippen LogP contribution in [0.5, 0.6) is 0 Å². The van der Waals surface area contributed by atoms with Crippen molar-refractivity contribution in [2.75, 3.05) is 26.2 Å². The lowest BCUT2D eigenvalue weighted by molar-refractivity contribution is 0.131. The maximum Gasteiger partial charge on any atom is 0.317 e. The fourth-order valence-corrected chi connectivity index (χ4v) is 3.19. The molecule has 1 fully saturated rings. The monoisotopic (exact) mass is 342 g/mol. The fourth-order valence-electron chi connectivity index (χ4n) is 3.19. The van der Waals surface area contributed by atoms with Crippen molar-refractivity contribution in [1.82, 2.24) is 20.3 Å². The van der Waals surface area contributed by atoms with Crippen molar-refractivity contribution in [3.05, 3.63) is 53.9 Å². The van der Waals surface area contributed by atoms with Crippen LogP contribution < -0.4 is 5.32 Å². The van der Waals surface area contributed by atoms with Crippen molar-refractivity contribution in [2.24, 2.45) is 0 Å². The minimum atomic E-state index is 0.0309. The van der Waals surface area contributed by atoms with Gasteiger partial charge in [-0.05, 0) is 12.0 Å². The second-order valence-electron chi connectivity index (χ2n) is 6.46. The van der Waals surface area contributed by atoms with E-state index in [4.69, 9.17) is 4.52 Å². The van der Waals surface area contributed by atoms with Gasteiger partial charge in [-0.15, -0.1) is 0 Å². The number of rotatable bonds is 6. The summed E-state index contributed by atoms with van der Waals surface area (Å²) in [4.78, 5) is 16.9. The van der Waals surface area contributed by atoms with Crippen molar-refractivity contribution >= 4 is 6.03 Å². The molecule has 1 aromatic carbocycles. The molecule has 0 aliphatic carbocycles. The van der Waals surface area contributed by atoms with E-state index >= 15 is 0 Å². The Balaban J connectivity index is 1.51. The van der Waals surface area contributed by atoms with Gasteiger partial charge in [0.25, 0.3) is 0 Å². The molecule has 1 atom stereocenters. The van der Waals surface area contributed by atoms with Crippen LogP contribution in [0, 0.1) is 0 Å². The summed E-state index contributed by atoms with van der Waals surface area (Å²) in [5.74, 6) is 0. The van der Waals surface area contributed by atoms with E-state index in [9.17, 15) is 4.79 Å². The standard InChI is InChI=1S/C19H26N4O2/c1-2-6-18(16-7-4-3-5-8-16)20-19(24)23-12-10-22(11-13-23)15-17-9-14-25-21-17/h3-5,7-9,14,18H,2,6,10-13,15H2,1H3,(H,20,24).